The van der Waals surface area contributed by atoms with Crippen LogP contribution in [0, 0.1) is 12.7 Å². The molecule has 0 amide bonds. The molecule has 0 radical (unpaired) electrons. The Labute approximate surface area is 183 Å². The van der Waals surface area contributed by atoms with Crippen LogP contribution in [0.5, 0.6) is 0 Å². The Morgan fingerprint density at radius 1 is 1.29 bits per heavy atom. The van der Waals surface area contributed by atoms with E-state index in [0.29, 0.717) is 36.8 Å². The number of aromatic nitrogens is 3. The van der Waals surface area contributed by atoms with Crippen LogP contribution in [0.15, 0.2) is 29.1 Å². The number of hydrogen-bond donors (Lipinski definition) is 1. The van der Waals surface area contributed by atoms with Gasteiger partial charge in [0.05, 0.1) is 35.0 Å². The van der Waals surface area contributed by atoms with E-state index in [1.807, 2.05) is 0 Å². The molecule has 31 heavy (non-hydrogen) atoms. The Morgan fingerprint density at radius 2 is 2.10 bits per heavy atom. The Morgan fingerprint density at radius 3 is 2.74 bits per heavy atom. The standard InChI is InChI=1S/C22H22ClFN4O3/c1-12-26-16-10-17(22(18-5-7-30-18)11-25-6-8-31-22)27-20(19(16)21(29)28(12)2)14-4-3-13(23)9-15(14)24/h3-4,9-10,18,25H,5-8,11H2,1-2H3/t18-,22+/m0/s1. The predicted octanol–water partition coefficient (Wildman–Crippen LogP) is 2.70. The van der Waals surface area contributed by atoms with E-state index in [-0.39, 0.29) is 33.3 Å². The number of aryl methyl sites for hydroxylation is 1. The van der Waals surface area contributed by atoms with Crippen molar-refractivity contribution >= 4 is 22.5 Å². The van der Waals surface area contributed by atoms with Gasteiger partial charge >= 0.3 is 0 Å². The summed E-state index contributed by atoms with van der Waals surface area (Å²) in [7, 11) is 1.64. The number of fused-ring (bicyclic) bond motifs is 1. The number of pyridine rings is 1. The molecule has 2 aliphatic rings. The zero-order chi connectivity index (χ0) is 21.8. The highest BCUT2D eigenvalue weighted by Gasteiger charge is 2.48. The van der Waals surface area contributed by atoms with E-state index < -0.39 is 11.4 Å². The van der Waals surface area contributed by atoms with Gasteiger partial charge in [-0.3, -0.25) is 9.36 Å². The fourth-order valence-electron chi connectivity index (χ4n) is 4.26. The molecule has 1 aromatic carbocycles. The first-order valence-electron chi connectivity index (χ1n) is 10.2. The number of ether oxygens (including phenoxy) is 2. The highest BCUT2D eigenvalue weighted by molar-refractivity contribution is 6.30. The molecule has 2 atom stereocenters. The number of nitrogens with zero attached hydrogens (tertiary/aromatic N) is 3. The summed E-state index contributed by atoms with van der Waals surface area (Å²) >= 11 is 5.96. The molecule has 0 bridgehead atoms. The molecule has 2 saturated heterocycles. The Hall–Kier alpha value is -2.39. The summed E-state index contributed by atoms with van der Waals surface area (Å²) in [6.45, 7) is 4.13. The molecule has 3 aromatic rings. The van der Waals surface area contributed by atoms with Gasteiger partial charge in [-0.15, -0.1) is 0 Å². The highest BCUT2D eigenvalue weighted by Crippen LogP contribution is 2.39. The molecule has 2 aromatic heterocycles. The third-order valence-corrected chi connectivity index (χ3v) is 6.38. The lowest BCUT2D eigenvalue weighted by atomic mass is 9.85. The molecule has 9 heteroatoms. The van der Waals surface area contributed by atoms with Gasteiger partial charge in [0.25, 0.3) is 5.56 Å². The molecule has 1 N–H and O–H groups in total. The number of hydrogen-bond acceptors (Lipinski definition) is 6. The van der Waals surface area contributed by atoms with Crippen LogP contribution < -0.4 is 10.9 Å². The van der Waals surface area contributed by atoms with Crippen molar-refractivity contribution in [3.05, 3.63) is 57.0 Å². The van der Waals surface area contributed by atoms with E-state index in [0.717, 1.165) is 13.0 Å². The third kappa shape index (κ3) is 3.25. The molecule has 7 nitrogen and oxygen atoms in total. The zero-order valence-corrected chi connectivity index (χ0v) is 18.0. The van der Waals surface area contributed by atoms with Crippen LogP contribution in [0.2, 0.25) is 5.02 Å². The Balaban J connectivity index is 1.83. The van der Waals surface area contributed by atoms with Crippen LogP contribution in [0.1, 0.15) is 17.9 Å². The number of nitrogens with one attached hydrogen (secondary N) is 1. The normalized spacial score (nSPS) is 23.7. The maximum Gasteiger partial charge on any atom is 0.263 e. The average Bonchev–Trinajstić information content (AvgIpc) is 2.71. The summed E-state index contributed by atoms with van der Waals surface area (Å²) in [5.74, 6) is -0.00785. The van der Waals surface area contributed by atoms with E-state index in [1.54, 1.807) is 26.1 Å². The van der Waals surface area contributed by atoms with Crippen LogP contribution in [-0.4, -0.2) is 46.9 Å². The molecule has 0 saturated carbocycles. The quantitative estimate of drug-likeness (QED) is 0.669. The molecule has 0 unspecified atom stereocenters. The van der Waals surface area contributed by atoms with E-state index in [4.69, 9.17) is 26.1 Å². The second-order valence-electron chi connectivity index (χ2n) is 7.96. The second kappa shape index (κ2) is 7.63. The molecule has 4 heterocycles. The number of rotatable bonds is 3. The molecular weight excluding hydrogens is 423 g/mol. The lowest BCUT2D eigenvalue weighted by Crippen LogP contribution is -2.58. The van der Waals surface area contributed by atoms with Crippen molar-refractivity contribution in [3.63, 3.8) is 0 Å². The van der Waals surface area contributed by atoms with Crippen LogP contribution in [0.3, 0.4) is 0 Å². The van der Waals surface area contributed by atoms with Gasteiger partial charge in [0.1, 0.15) is 17.2 Å². The number of morpholine rings is 1. The monoisotopic (exact) mass is 444 g/mol. The van der Waals surface area contributed by atoms with Gasteiger partial charge in [0.15, 0.2) is 0 Å². The van der Waals surface area contributed by atoms with Gasteiger partial charge in [-0.2, -0.15) is 0 Å². The molecule has 2 aliphatic heterocycles. The van der Waals surface area contributed by atoms with Crippen LogP contribution in [0.4, 0.5) is 4.39 Å². The molecule has 5 rings (SSSR count). The number of benzene rings is 1. The van der Waals surface area contributed by atoms with Crippen LogP contribution in [-0.2, 0) is 22.1 Å². The van der Waals surface area contributed by atoms with Crippen LogP contribution in [0.25, 0.3) is 22.2 Å². The third-order valence-electron chi connectivity index (χ3n) is 6.15. The SMILES string of the molecule is Cc1nc2cc([C@@]3([C@@H]4CCO4)CNCCO3)nc(-c3ccc(Cl)cc3F)c2c(=O)n1C. The van der Waals surface area contributed by atoms with Crippen molar-refractivity contribution in [1.82, 2.24) is 19.9 Å². The van der Waals surface area contributed by atoms with Gasteiger partial charge < -0.3 is 14.8 Å². The predicted molar refractivity (Wildman–Crippen MR) is 115 cm³/mol. The summed E-state index contributed by atoms with van der Waals surface area (Å²) in [5, 5.41) is 3.88. The minimum absolute atomic E-state index is 0.180. The van der Waals surface area contributed by atoms with E-state index in [2.05, 4.69) is 10.3 Å². The fourth-order valence-corrected chi connectivity index (χ4v) is 4.42. The van der Waals surface area contributed by atoms with Crippen molar-refractivity contribution in [3.8, 4) is 11.3 Å². The maximum absolute atomic E-state index is 15.0. The van der Waals surface area contributed by atoms with Gasteiger partial charge in [-0.1, -0.05) is 11.6 Å². The van der Waals surface area contributed by atoms with Gasteiger partial charge in [0, 0.05) is 43.8 Å². The topological polar surface area (TPSA) is 78.3 Å². The van der Waals surface area contributed by atoms with Crippen LogP contribution >= 0.6 is 11.6 Å². The summed E-state index contributed by atoms with van der Waals surface area (Å²) in [6.07, 6.45) is 0.649. The van der Waals surface area contributed by atoms with E-state index >= 15 is 0 Å². The van der Waals surface area contributed by atoms with Crippen molar-refractivity contribution in [2.45, 2.75) is 25.0 Å². The van der Waals surface area contributed by atoms with Gasteiger partial charge in [-0.05, 0) is 31.2 Å². The Kier molecular flexibility index (Phi) is 5.05. The first-order chi connectivity index (χ1) is 14.9. The highest BCUT2D eigenvalue weighted by atomic mass is 35.5. The fraction of sp³-hybridized carbons (Fsp3) is 0.409. The largest absolute Gasteiger partial charge is 0.375 e. The smallest absolute Gasteiger partial charge is 0.263 e. The molecule has 2 fully saturated rings. The zero-order valence-electron chi connectivity index (χ0n) is 17.2. The number of halogens is 2. The molecule has 0 spiro atoms. The van der Waals surface area contributed by atoms with Gasteiger partial charge in [0.2, 0.25) is 0 Å². The van der Waals surface area contributed by atoms with Crippen molar-refractivity contribution in [2.75, 3.05) is 26.3 Å². The lowest BCUT2D eigenvalue weighted by Gasteiger charge is -2.46. The minimum atomic E-state index is -0.834. The molecule has 162 valence electrons. The van der Waals surface area contributed by atoms with Gasteiger partial charge in [-0.25, -0.2) is 14.4 Å². The first-order valence-corrected chi connectivity index (χ1v) is 10.6. The van der Waals surface area contributed by atoms with E-state index in [9.17, 15) is 9.18 Å². The lowest BCUT2D eigenvalue weighted by molar-refractivity contribution is -0.212. The average molecular weight is 445 g/mol. The summed E-state index contributed by atoms with van der Waals surface area (Å²) in [5.41, 5.74) is 0.306. The molecule has 0 aliphatic carbocycles. The van der Waals surface area contributed by atoms with Crippen molar-refractivity contribution in [1.29, 1.82) is 0 Å². The Bertz CT molecular complexity index is 1240. The minimum Gasteiger partial charge on any atom is -0.375 e. The summed E-state index contributed by atoms with van der Waals surface area (Å²) in [6, 6.07) is 6.10. The second-order valence-corrected chi connectivity index (χ2v) is 8.40. The summed E-state index contributed by atoms with van der Waals surface area (Å²) < 4.78 is 28.5. The van der Waals surface area contributed by atoms with E-state index in [1.165, 1.54) is 16.7 Å². The van der Waals surface area contributed by atoms with Crippen molar-refractivity contribution < 1.29 is 13.9 Å². The first kappa shape index (κ1) is 20.5. The van der Waals surface area contributed by atoms with Crippen molar-refractivity contribution in [2.24, 2.45) is 7.05 Å². The maximum atomic E-state index is 15.0. The summed E-state index contributed by atoms with van der Waals surface area (Å²) in [4.78, 5) is 22.6. The molecular formula is C22H22ClFN4O3.